The third-order valence-corrected chi connectivity index (χ3v) is 2.65. The van der Waals surface area contributed by atoms with Gasteiger partial charge < -0.3 is 4.74 Å². The molecule has 5 heteroatoms. The standard InChI is InChI=1S/C13H15N3O2/c1-13(2,12(17)16-14)18-11-7-3-6-10-9(11)5-4-8-15-10/h3-8H,14H2,1-2H3,(H,16,17). The number of hydrazine groups is 1. The van der Waals surface area contributed by atoms with E-state index in [9.17, 15) is 4.79 Å². The van der Waals surface area contributed by atoms with Crippen molar-refractivity contribution < 1.29 is 9.53 Å². The third kappa shape index (κ3) is 2.26. The van der Waals surface area contributed by atoms with Gasteiger partial charge in [-0.15, -0.1) is 0 Å². The number of rotatable bonds is 3. The van der Waals surface area contributed by atoms with E-state index in [1.54, 1.807) is 26.1 Å². The minimum Gasteiger partial charge on any atom is -0.477 e. The fraction of sp³-hybridized carbons (Fsp3) is 0.231. The highest BCUT2D eigenvalue weighted by atomic mass is 16.5. The molecule has 18 heavy (non-hydrogen) atoms. The largest absolute Gasteiger partial charge is 0.477 e. The number of hydrogen-bond acceptors (Lipinski definition) is 4. The van der Waals surface area contributed by atoms with Gasteiger partial charge in [0.2, 0.25) is 0 Å². The number of hydrogen-bond donors (Lipinski definition) is 2. The predicted molar refractivity (Wildman–Crippen MR) is 68.8 cm³/mol. The summed E-state index contributed by atoms with van der Waals surface area (Å²) in [5, 5.41) is 0.859. The Labute approximate surface area is 105 Å². The highest BCUT2D eigenvalue weighted by Gasteiger charge is 2.29. The Balaban J connectivity index is 2.41. The average molecular weight is 245 g/mol. The summed E-state index contributed by atoms with van der Waals surface area (Å²) in [7, 11) is 0. The lowest BCUT2D eigenvalue weighted by molar-refractivity contribution is -0.134. The zero-order valence-electron chi connectivity index (χ0n) is 10.3. The van der Waals surface area contributed by atoms with Crippen LogP contribution in [-0.2, 0) is 4.79 Å². The molecule has 3 N–H and O–H groups in total. The van der Waals surface area contributed by atoms with Crippen molar-refractivity contribution in [2.75, 3.05) is 0 Å². The smallest absolute Gasteiger partial charge is 0.277 e. The van der Waals surface area contributed by atoms with E-state index < -0.39 is 5.60 Å². The highest BCUT2D eigenvalue weighted by molar-refractivity contribution is 5.87. The first-order chi connectivity index (χ1) is 8.54. The lowest BCUT2D eigenvalue weighted by Gasteiger charge is -2.24. The SMILES string of the molecule is CC(C)(Oc1cccc2ncccc12)C(=O)NN. The number of nitrogens with zero attached hydrogens (tertiary/aromatic N) is 1. The molecule has 1 amide bonds. The number of ether oxygens (including phenoxy) is 1. The molecule has 0 fully saturated rings. The highest BCUT2D eigenvalue weighted by Crippen LogP contribution is 2.27. The van der Waals surface area contributed by atoms with Crippen molar-refractivity contribution in [1.29, 1.82) is 0 Å². The lowest BCUT2D eigenvalue weighted by atomic mass is 10.1. The van der Waals surface area contributed by atoms with Gasteiger partial charge in [0.25, 0.3) is 5.91 Å². The van der Waals surface area contributed by atoms with E-state index in [1.807, 2.05) is 24.3 Å². The molecule has 1 aromatic heterocycles. The van der Waals surface area contributed by atoms with Gasteiger partial charge >= 0.3 is 0 Å². The van der Waals surface area contributed by atoms with Gasteiger partial charge in [-0.1, -0.05) is 6.07 Å². The first-order valence-electron chi connectivity index (χ1n) is 5.58. The zero-order chi connectivity index (χ0) is 13.2. The van der Waals surface area contributed by atoms with E-state index in [0.717, 1.165) is 10.9 Å². The van der Waals surface area contributed by atoms with Crippen molar-refractivity contribution >= 4 is 16.8 Å². The molecule has 94 valence electrons. The molecule has 2 rings (SSSR count). The molecule has 0 radical (unpaired) electrons. The number of carbonyl (C=O) groups excluding carboxylic acids is 1. The van der Waals surface area contributed by atoms with Crippen LogP contribution >= 0.6 is 0 Å². The van der Waals surface area contributed by atoms with Crippen LogP contribution in [0, 0.1) is 0 Å². The van der Waals surface area contributed by atoms with Crippen molar-refractivity contribution in [3.8, 4) is 5.75 Å². The summed E-state index contributed by atoms with van der Waals surface area (Å²) >= 11 is 0. The Morgan fingerprint density at radius 1 is 1.33 bits per heavy atom. The maximum atomic E-state index is 11.6. The van der Waals surface area contributed by atoms with Crippen LogP contribution in [-0.4, -0.2) is 16.5 Å². The molecule has 0 aliphatic rings. The van der Waals surface area contributed by atoms with Crippen molar-refractivity contribution in [3.05, 3.63) is 36.5 Å². The van der Waals surface area contributed by atoms with Crippen LogP contribution < -0.4 is 16.0 Å². The normalized spacial score (nSPS) is 11.3. The number of fused-ring (bicyclic) bond motifs is 1. The van der Waals surface area contributed by atoms with E-state index in [2.05, 4.69) is 10.4 Å². The van der Waals surface area contributed by atoms with Crippen LogP contribution in [0.2, 0.25) is 0 Å². The number of pyridine rings is 1. The summed E-state index contributed by atoms with van der Waals surface area (Å²) in [4.78, 5) is 15.8. The van der Waals surface area contributed by atoms with E-state index >= 15 is 0 Å². The van der Waals surface area contributed by atoms with Gasteiger partial charge in [0.1, 0.15) is 5.75 Å². The van der Waals surface area contributed by atoms with Crippen LogP contribution in [0.25, 0.3) is 10.9 Å². The van der Waals surface area contributed by atoms with Gasteiger partial charge in [-0.2, -0.15) is 0 Å². The third-order valence-electron chi connectivity index (χ3n) is 2.65. The monoisotopic (exact) mass is 245 g/mol. The van der Waals surface area contributed by atoms with Crippen LogP contribution in [0.3, 0.4) is 0 Å². The molecule has 1 aromatic carbocycles. The number of aromatic nitrogens is 1. The summed E-state index contributed by atoms with van der Waals surface area (Å²) in [5.41, 5.74) is 1.87. The molecule has 0 atom stereocenters. The van der Waals surface area contributed by atoms with Crippen molar-refractivity contribution in [2.24, 2.45) is 5.84 Å². The molecule has 1 heterocycles. The second-order valence-corrected chi connectivity index (χ2v) is 4.41. The van der Waals surface area contributed by atoms with Gasteiger partial charge in [-0.3, -0.25) is 15.2 Å². The molecule has 0 spiro atoms. The molecule has 0 bridgehead atoms. The predicted octanol–water partition coefficient (Wildman–Crippen LogP) is 1.38. The Morgan fingerprint density at radius 3 is 2.83 bits per heavy atom. The van der Waals surface area contributed by atoms with E-state index in [0.29, 0.717) is 5.75 Å². The van der Waals surface area contributed by atoms with Gasteiger partial charge in [-0.05, 0) is 38.1 Å². The molecule has 0 saturated heterocycles. The first-order valence-corrected chi connectivity index (χ1v) is 5.58. The number of nitrogens with one attached hydrogen (secondary N) is 1. The minimum absolute atomic E-state index is 0.386. The molecular weight excluding hydrogens is 230 g/mol. The summed E-state index contributed by atoms with van der Waals surface area (Å²) in [6, 6.07) is 9.24. The Morgan fingerprint density at radius 2 is 2.11 bits per heavy atom. The maximum Gasteiger partial charge on any atom is 0.277 e. The molecule has 0 aliphatic heterocycles. The molecule has 0 unspecified atom stereocenters. The number of nitrogens with two attached hydrogens (primary N) is 1. The van der Waals surface area contributed by atoms with Crippen molar-refractivity contribution in [1.82, 2.24) is 10.4 Å². The Hall–Kier alpha value is -2.14. The topological polar surface area (TPSA) is 77.2 Å². The van der Waals surface area contributed by atoms with Crippen molar-refractivity contribution in [2.45, 2.75) is 19.4 Å². The quantitative estimate of drug-likeness (QED) is 0.486. The molecular formula is C13H15N3O2. The molecule has 0 saturated carbocycles. The summed E-state index contributed by atoms with van der Waals surface area (Å²) in [6.45, 7) is 3.31. The molecule has 2 aromatic rings. The Kier molecular flexibility index (Phi) is 3.16. The fourth-order valence-electron chi connectivity index (χ4n) is 1.66. The minimum atomic E-state index is -1.04. The van der Waals surface area contributed by atoms with Crippen LogP contribution in [0.15, 0.2) is 36.5 Å². The summed E-state index contributed by atoms with van der Waals surface area (Å²) in [6.07, 6.45) is 1.71. The molecule has 5 nitrogen and oxygen atoms in total. The van der Waals surface area contributed by atoms with E-state index in [4.69, 9.17) is 10.6 Å². The second kappa shape index (κ2) is 4.62. The lowest BCUT2D eigenvalue weighted by Crippen LogP contribution is -2.49. The van der Waals surface area contributed by atoms with Gasteiger partial charge in [-0.25, -0.2) is 5.84 Å². The van der Waals surface area contributed by atoms with Crippen LogP contribution in [0.5, 0.6) is 5.75 Å². The van der Waals surface area contributed by atoms with Gasteiger partial charge in [0, 0.05) is 11.6 Å². The number of amides is 1. The number of benzene rings is 1. The zero-order valence-corrected chi connectivity index (χ0v) is 10.3. The molecule has 0 aliphatic carbocycles. The van der Waals surface area contributed by atoms with E-state index in [-0.39, 0.29) is 5.91 Å². The second-order valence-electron chi connectivity index (χ2n) is 4.41. The first kappa shape index (κ1) is 12.3. The fourth-order valence-corrected chi connectivity index (χ4v) is 1.66. The van der Waals surface area contributed by atoms with Gasteiger partial charge in [0.15, 0.2) is 5.60 Å². The number of carbonyl (C=O) groups is 1. The van der Waals surface area contributed by atoms with Crippen LogP contribution in [0.1, 0.15) is 13.8 Å². The van der Waals surface area contributed by atoms with Crippen molar-refractivity contribution in [3.63, 3.8) is 0 Å². The van der Waals surface area contributed by atoms with Crippen LogP contribution in [0.4, 0.5) is 0 Å². The Bertz CT molecular complexity index is 576. The summed E-state index contributed by atoms with van der Waals surface area (Å²) in [5.74, 6) is 5.35. The maximum absolute atomic E-state index is 11.6. The van der Waals surface area contributed by atoms with Gasteiger partial charge in [0.05, 0.1) is 5.52 Å². The summed E-state index contributed by atoms with van der Waals surface area (Å²) < 4.78 is 5.74. The van der Waals surface area contributed by atoms with E-state index in [1.165, 1.54) is 0 Å². The average Bonchev–Trinajstić information content (AvgIpc) is 2.38.